The van der Waals surface area contributed by atoms with E-state index in [1.807, 2.05) is 105 Å². The number of aromatic nitrogens is 4. The standard InChI is InChI=1S/C27H32ClN3S.C25H30ClN3S.C23H24ClN3O3.C23H24ClN3O2/c1-17(2)18-8-10-19(11-9-18)26-25-22(23-16-20(28)12-13-24(23)30-25)14-15-31(26)27(32)29-21-6-4-3-5-7-21;1-5-16(4)27-25(30)29-13-12-20-21-14-19(26)10-11-22(21)28-23(20)24(29)18-8-6-17(7-9-18)15(2)3;1-29-17-5-2-15(3-6-17)22-21-18(19-14-16(24)4-7-20(19)25-21)8-9-27(22)23(28)26-10-12-30-13-11-26;1-29-17-7-4-15(5-8-17)22-21-18(19-14-16(24)6-9-20(19)25-21)10-13-27(22)23(28)26-11-2-3-12-26/h8-13,16-17,21,26,30H,3-7,14-15H2,1-2H3,(H,29,32);6-11,14-16,24,28H,5,12-13H2,1-4H3,(H,27,30);2-7,14,22,25H,8-13H2,1H3;4-9,14,22,25H,2-3,10-13H2,1H3. The van der Waals surface area contributed by atoms with Gasteiger partial charge in [0.15, 0.2) is 10.2 Å². The smallest absolute Gasteiger partial charge is 0.321 e. The first-order valence-corrected chi connectivity index (χ1v) is 45.5. The number of hydrogen-bond donors (Lipinski definition) is 6. The van der Waals surface area contributed by atoms with Gasteiger partial charge in [-0.05, 0) is 254 Å². The second-order valence-corrected chi connectivity index (χ2v) is 36.3. The van der Waals surface area contributed by atoms with Crippen molar-refractivity contribution in [2.75, 3.05) is 79.8 Å². The Morgan fingerprint density at radius 3 is 1.08 bits per heavy atom. The van der Waals surface area contributed by atoms with E-state index in [2.05, 4.69) is 167 Å². The number of carbonyl (C=O) groups excluding carboxylic acids is 2. The molecule has 4 amide bonds. The molecule has 121 heavy (non-hydrogen) atoms. The van der Waals surface area contributed by atoms with E-state index in [9.17, 15) is 9.59 Å². The van der Waals surface area contributed by atoms with Gasteiger partial charge in [0.1, 0.15) is 11.5 Å². The van der Waals surface area contributed by atoms with Crippen molar-refractivity contribution in [2.45, 2.75) is 167 Å². The van der Waals surface area contributed by atoms with Crippen molar-refractivity contribution in [3.63, 3.8) is 0 Å². The largest absolute Gasteiger partial charge is 0.497 e. The van der Waals surface area contributed by atoms with Crippen molar-refractivity contribution in [2.24, 2.45) is 0 Å². The Morgan fingerprint density at radius 2 is 0.744 bits per heavy atom. The third-order valence-corrected chi connectivity index (χ3v) is 27.3. The molecule has 3 fully saturated rings. The highest BCUT2D eigenvalue weighted by atomic mass is 35.5. The van der Waals surface area contributed by atoms with E-state index in [0.717, 1.165) is 168 Å². The van der Waals surface area contributed by atoms with E-state index in [4.69, 9.17) is 85.1 Å². The second-order valence-electron chi connectivity index (χ2n) is 33.8. The van der Waals surface area contributed by atoms with Crippen LogP contribution in [0.5, 0.6) is 11.5 Å². The molecule has 1 aliphatic carbocycles. The van der Waals surface area contributed by atoms with Gasteiger partial charge in [0, 0.05) is 151 Å². The second kappa shape index (κ2) is 37.7. The minimum absolute atomic E-state index is 0.0569. The Kier molecular flexibility index (Phi) is 26.5. The number of carbonyl (C=O) groups is 2. The molecule has 6 aliphatic heterocycles. The molecule has 2 saturated heterocycles. The summed E-state index contributed by atoms with van der Waals surface area (Å²) in [6.07, 6.45) is 13.1. The molecule has 12 aromatic rings. The average Bonchev–Trinajstić information content (AvgIpc) is 1.64. The normalized spacial score (nSPS) is 18.7. The summed E-state index contributed by atoms with van der Waals surface area (Å²) in [6.45, 7) is 20.5. The van der Waals surface area contributed by atoms with Gasteiger partial charge in [-0.15, -0.1) is 0 Å². The van der Waals surface area contributed by atoms with Gasteiger partial charge in [-0.3, -0.25) is 0 Å². The molecule has 1 saturated carbocycles. The van der Waals surface area contributed by atoms with Crippen LogP contribution in [0, 0.1) is 0 Å². The molecule has 6 N–H and O–H groups in total. The highest BCUT2D eigenvalue weighted by molar-refractivity contribution is 7.80. The van der Waals surface area contributed by atoms with Gasteiger partial charge in [-0.25, -0.2) is 9.59 Å². The highest BCUT2D eigenvalue weighted by Gasteiger charge is 2.41. The van der Waals surface area contributed by atoms with Crippen LogP contribution in [0.25, 0.3) is 43.6 Å². The summed E-state index contributed by atoms with van der Waals surface area (Å²) in [5, 5.41) is 16.7. The Hall–Kier alpha value is -9.44. The van der Waals surface area contributed by atoms with Gasteiger partial charge in [0.25, 0.3) is 0 Å². The number of ether oxygens (including phenoxy) is 3. The summed E-state index contributed by atoms with van der Waals surface area (Å²) in [5.41, 5.74) is 21.6. The zero-order chi connectivity index (χ0) is 84.3. The number of nitrogens with zero attached hydrogens (tertiary/aromatic N) is 6. The third-order valence-electron chi connectivity index (χ3n) is 25.6. The van der Waals surface area contributed by atoms with Crippen LogP contribution >= 0.6 is 70.8 Å². The number of benzene rings is 8. The molecule has 0 radical (unpaired) electrons. The van der Waals surface area contributed by atoms with E-state index < -0.39 is 0 Å². The number of nitrogens with one attached hydrogen (secondary N) is 6. The number of likely N-dealkylation sites (tertiary alicyclic amines) is 1. The fraction of sp³-hybridized carbons (Fsp3) is 0.388. The maximum Gasteiger partial charge on any atom is 0.321 e. The first-order chi connectivity index (χ1) is 58.7. The summed E-state index contributed by atoms with van der Waals surface area (Å²) in [6, 6.07) is 59.1. The van der Waals surface area contributed by atoms with Gasteiger partial charge < -0.3 is 74.2 Å². The van der Waals surface area contributed by atoms with E-state index in [-0.39, 0.29) is 36.2 Å². The number of halogens is 4. The number of amides is 4. The predicted octanol–water partition coefficient (Wildman–Crippen LogP) is 22.9. The molecule has 5 unspecified atom stereocenters. The quantitative estimate of drug-likeness (QED) is 0.0682. The van der Waals surface area contributed by atoms with Gasteiger partial charge in [0.05, 0.1) is 51.6 Å². The number of fused-ring (bicyclic) bond motifs is 12. The lowest BCUT2D eigenvalue weighted by molar-refractivity contribution is 0.0398. The third kappa shape index (κ3) is 18.2. The zero-order valence-electron chi connectivity index (χ0n) is 70.4. The first kappa shape index (κ1) is 85.1. The minimum atomic E-state index is -0.193. The molecular formula is C98H110Cl4N12O5S2. The molecule has 17 nitrogen and oxygen atoms in total. The van der Waals surface area contributed by atoms with Crippen LogP contribution in [0.2, 0.25) is 20.1 Å². The van der Waals surface area contributed by atoms with Crippen molar-refractivity contribution >= 4 is 137 Å². The summed E-state index contributed by atoms with van der Waals surface area (Å²) in [5.74, 6) is 2.64. The van der Waals surface area contributed by atoms with E-state index in [1.54, 1.807) is 14.2 Å². The van der Waals surface area contributed by atoms with Crippen LogP contribution in [0.1, 0.15) is 207 Å². The van der Waals surface area contributed by atoms with Crippen molar-refractivity contribution in [1.29, 1.82) is 0 Å². The number of rotatable bonds is 11. The van der Waals surface area contributed by atoms with Crippen LogP contribution in [-0.2, 0) is 30.4 Å². The minimum Gasteiger partial charge on any atom is -0.497 e. The van der Waals surface area contributed by atoms with Crippen molar-refractivity contribution < 1.29 is 23.8 Å². The molecule has 632 valence electrons. The molecule has 19 rings (SSSR count). The topological polar surface area (TPSA) is 168 Å². The summed E-state index contributed by atoms with van der Waals surface area (Å²) < 4.78 is 16.1. The average molecular weight is 1740 g/mol. The summed E-state index contributed by atoms with van der Waals surface area (Å²) in [4.78, 5) is 54.1. The number of urea groups is 2. The van der Waals surface area contributed by atoms with Crippen LogP contribution in [0.15, 0.2) is 170 Å². The SMILES string of the molecule is CC(C)c1ccc(C2c3[nH]c4ccc(Cl)cc4c3CCN2C(=S)NC2CCCCC2)cc1.CCC(C)NC(=S)N1CCc2c([nH]c3ccc(Cl)cc23)C1c1ccc(C(C)C)cc1.COc1ccc(C2c3[nH]c4ccc(Cl)cc4c3CCN2C(=O)N2CCCC2)cc1.COc1ccc(C2c3[nH]c4ccc(Cl)cc4c3CCN2C(=O)N2CCOCC2)cc1. The molecular weight excluding hydrogens is 1630 g/mol. The lowest BCUT2D eigenvalue weighted by Gasteiger charge is -2.40. The van der Waals surface area contributed by atoms with Gasteiger partial charge in [-0.2, -0.15) is 0 Å². The lowest BCUT2D eigenvalue weighted by Crippen LogP contribution is -2.51. The van der Waals surface area contributed by atoms with Gasteiger partial charge in [-0.1, -0.05) is 173 Å². The van der Waals surface area contributed by atoms with E-state index in [1.165, 1.54) is 98.8 Å². The van der Waals surface area contributed by atoms with Crippen LogP contribution in [-0.4, -0.2) is 163 Å². The van der Waals surface area contributed by atoms with Crippen LogP contribution in [0.3, 0.4) is 0 Å². The van der Waals surface area contributed by atoms with Crippen LogP contribution in [0.4, 0.5) is 9.59 Å². The van der Waals surface area contributed by atoms with Crippen molar-refractivity contribution in [1.82, 2.24) is 60.0 Å². The fourth-order valence-corrected chi connectivity index (χ4v) is 20.4. The summed E-state index contributed by atoms with van der Waals surface area (Å²) >= 11 is 37.1. The molecule has 0 spiro atoms. The number of H-pyrrole nitrogens is 4. The number of morpholine rings is 1. The number of methoxy groups -OCH3 is 2. The monoisotopic (exact) mass is 1740 g/mol. The maximum atomic E-state index is 13.5. The Labute approximate surface area is 741 Å². The first-order valence-electron chi connectivity index (χ1n) is 43.2. The fourth-order valence-electron chi connectivity index (χ4n) is 18.9. The van der Waals surface area contributed by atoms with Crippen molar-refractivity contribution in [3.8, 4) is 11.5 Å². The molecule has 23 heteroatoms. The molecule has 5 atom stereocenters. The molecule has 10 heterocycles. The molecule has 4 aromatic heterocycles. The van der Waals surface area contributed by atoms with Crippen LogP contribution < -0.4 is 20.1 Å². The predicted molar refractivity (Wildman–Crippen MR) is 501 cm³/mol. The number of thiocarbonyl (C=S) groups is 2. The Morgan fingerprint density at radius 1 is 0.421 bits per heavy atom. The van der Waals surface area contributed by atoms with Crippen molar-refractivity contribution in [3.05, 3.63) is 268 Å². The van der Waals surface area contributed by atoms with Gasteiger partial charge >= 0.3 is 12.1 Å². The molecule has 8 aromatic carbocycles. The van der Waals surface area contributed by atoms with Gasteiger partial charge in [0.2, 0.25) is 0 Å². The van der Waals surface area contributed by atoms with E-state index >= 15 is 0 Å². The maximum absolute atomic E-state index is 13.5. The molecule has 7 aliphatic rings. The number of hydrogen-bond acceptors (Lipinski definition) is 7. The lowest BCUT2D eigenvalue weighted by atomic mass is 9.91. The summed E-state index contributed by atoms with van der Waals surface area (Å²) in [7, 11) is 3.32. The van der Waals surface area contributed by atoms with E-state index in [0.29, 0.717) is 63.3 Å². The Balaban J connectivity index is 0.000000120. The Bertz CT molecular complexity index is 5690. The highest BCUT2D eigenvalue weighted by Crippen LogP contribution is 2.46. The number of aromatic amines is 4. The zero-order valence-corrected chi connectivity index (χ0v) is 75.1. The molecule has 0 bridgehead atoms.